The lowest BCUT2D eigenvalue weighted by atomic mass is 10.0. The molecule has 0 unspecified atom stereocenters. The second-order valence-corrected chi connectivity index (χ2v) is 9.31. The number of hydrogen-bond donors (Lipinski definition) is 1. The fourth-order valence-corrected chi connectivity index (χ4v) is 4.77. The van der Waals surface area contributed by atoms with Crippen LogP contribution in [0, 0.1) is 12.7 Å². The van der Waals surface area contributed by atoms with E-state index in [0.717, 1.165) is 18.9 Å². The quantitative estimate of drug-likeness (QED) is 0.654. The van der Waals surface area contributed by atoms with Crippen LogP contribution in [0.1, 0.15) is 34.8 Å². The van der Waals surface area contributed by atoms with Crippen LogP contribution >= 0.6 is 0 Å². The van der Waals surface area contributed by atoms with Crippen LogP contribution in [0.15, 0.2) is 66.1 Å². The van der Waals surface area contributed by atoms with E-state index in [9.17, 15) is 17.6 Å². The largest absolute Gasteiger partial charge is 0.338 e. The van der Waals surface area contributed by atoms with Crippen LogP contribution in [0.3, 0.4) is 0 Å². The Morgan fingerprint density at radius 3 is 2.61 bits per heavy atom. The number of carbonyl (C=O) groups excluding carboxylic acids is 1. The fraction of sp³-hybridized carbons (Fsp3) is 0.273. The number of imidazole rings is 1. The van der Waals surface area contributed by atoms with Crippen molar-refractivity contribution in [1.29, 1.82) is 0 Å². The first-order valence-electron chi connectivity index (χ1n) is 9.99. The predicted molar refractivity (Wildman–Crippen MR) is 115 cm³/mol. The summed E-state index contributed by atoms with van der Waals surface area (Å²) in [6.45, 7) is 2.78. The minimum atomic E-state index is -3.98. The third-order valence-electron chi connectivity index (χ3n) is 5.51. The van der Waals surface area contributed by atoms with Crippen molar-refractivity contribution < 1.29 is 17.6 Å². The highest BCUT2D eigenvalue weighted by molar-refractivity contribution is 7.92. The summed E-state index contributed by atoms with van der Waals surface area (Å²) in [5.41, 5.74) is 1.01. The Kier molecular flexibility index (Phi) is 5.77. The van der Waals surface area contributed by atoms with Crippen LogP contribution in [0.25, 0.3) is 0 Å². The van der Waals surface area contributed by atoms with E-state index in [1.165, 1.54) is 18.2 Å². The van der Waals surface area contributed by atoms with E-state index in [1.54, 1.807) is 42.5 Å². The lowest BCUT2D eigenvalue weighted by Gasteiger charge is -2.32. The molecule has 9 heteroatoms. The van der Waals surface area contributed by atoms with E-state index in [-0.39, 0.29) is 16.5 Å². The molecule has 2 heterocycles. The number of nitrogens with zero attached hydrogens (tertiary/aromatic N) is 3. The van der Waals surface area contributed by atoms with E-state index in [1.807, 2.05) is 6.20 Å². The normalized spacial score (nSPS) is 15.1. The monoisotopic (exact) mass is 442 g/mol. The predicted octanol–water partition coefficient (Wildman–Crippen LogP) is 3.61. The maximum atomic E-state index is 13.8. The van der Waals surface area contributed by atoms with Gasteiger partial charge in [0.25, 0.3) is 15.9 Å². The molecule has 1 saturated heterocycles. The van der Waals surface area contributed by atoms with Gasteiger partial charge in [0.15, 0.2) is 0 Å². The summed E-state index contributed by atoms with van der Waals surface area (Å²) in [5, 5.41) is 0. The van der Waals surface area contributed by atoms with Gasteiger partial charge < -0.3 is 9.47 Å². The van der Waals surface area contributed by atoms with Crippen molar-refractivity contribution in [1.82, 2.24) is 14.5 Å². The molecule has 0 radical (unpaired) electrons. The summed E-state index contributed by atoms with van der Waals surface area (Å²) in [4.78, 5) is 18.6. The Bertz CT molecular complexity index is 1190. The number of sulfonamides is 1. The lowest BCUT2D eigenvalue weighted by molar-refractivity contribution is 0.0694. The maximum absolute atomic E-state index is 13.8. The van der Waals surface area contributed by atoms with Gasteiger partial charge in [-0.3, -0.25) is 9.52 Å². The Hall–Kier alpha value is -3.20. The molecule has 0 aliphatic carbocycles. The summed E-state index contributed by atoms with van der Waals surface area (Å²) in [7, 11) is -3.98. The molecule has 3 aromatic rings. The summed E-state index contributed by atoms with van der Waals surface area (Å²) in [5.74, 6) is -0.739. The van der Waals surface area contributed by atoms with Crippen molar-refractivity contribution in [3.63, 3.8) is 0 Å². The molecule has 4 rings (SSSR count). The van der Waals surface area contributed by atoms with Gasteiger partial charge in [0.2, 0.25) is 0 Å². The number of anilines is 1. The maximum Gasteiger partial charge on any atom is 0.261 e. The first-order chi connectivity index (χ1) is 14.8. The molecular formula is C22H23FN4O3S. The van der Waals surface area contributed by atoms with Gasteiger partial charge in [0.1, 0.15) is 5.82 Å². The fourth-order valence-electron chi connectivity index (χ4n) is 3.71. The first kappa shape index (κ1) is 21.0. The second-order valence-electron chi connectivity index (χ2n) is 7.63. The number of rotatable bonds is 5. The number of likely N-dealkylation sites (tertiary alicyclic amines) is 1. The van der Waals surface area contributed by atoms with Crippen LogP contribution in [0.5, 0.6) is 0 Å². The van der Waals surface area contributed by atoms with Crippen LogP contribution in [-0.2, 0) is 10.0 Å². The number of halogens is 1. The number of carbonyl (C=O) groups is 1. The molecule has 1 aliphatic heterocycles. The molecule has 0 spiro atoms. The average Bonchev–Trinajstić information content (AvgIpc) is 3.30. The number of nitrogens with one attached hydrogen (secondary N) is 1. The van der Waals surface area contributed by atoms with E-state index in [4.69, 9.17) is 0 Å². The lowest BCUT2D eigenvalue weighted by Crippen LogP contribution is -2.38. The molecule has 1 N–H and O–H groups in total. The number of amides is 1. The zero-order valence-corrected chi connectivity index (χ0v) is 17.8. The Labute approximate surface area is 180 Å². The van der Waals surface area contributed by atoms with Crippen molar-refractivity contribution in [2.24, 2.45) is 0 Å². The number of aryl methyl sites for hydroxylation is 1. The summed E-state index contributed by atoms with van der Waals surface area (Å²) in [6, 6.07) is 10.4. The smallest absolute Gasteiger partial charge is 0.261 e. The van der Waals surface area contributed by atoms with Crippen molar-refractivity contribution >= 4 is 21.6 Å². The zero-order chi connectivity index (χ0) is 22.0. The van der Waals surface area contributed by atoms with E-state index >= 15 is 0 Å². The molecule has 2 aromatic carbocycles. The van der Waals surface area contributed by atoms with E-state index < -0.39 is 15.8 Å². The van der Waals surface area contributed by atoms with Gasteiger partial charge in [-0.05, 0) is 55.7 Å². The van der Waals surface area contributed by atoms with E-state index in [0.29, 0.717) is 30.3 Å². The number of aromatic nitrogens is 2. The minimum absolute atomic E-state index is 0.147. The van der Waals surface area contributed by atoms with Crippen molar-refractivity contribution in [2.45, 2.75) is 30.7 Å². The van der Waals surface area contributed by atoms with Gasteiger partial charge in [-0.1, -0.05) is 12.1 Å². The molecular weight excluding hydrogens is 419 g/mol. The Morgan fingerprint density at radius 1 is 1.16 bits per heavy atom. The Balaban J connectivity index is 1.45. The van der Waals surface area contributed by atoms with Crippen LogP contribution in [0.4, 0.5) is 10.1 Å². The summed E-state index contributed by atoms with van der Waals surface area (Å²) < 4.78 is 43.5. The molecule has 1 amide bonds. The van der Waals surface area contributed by atoms with Crippen LogP contribution in [-0.4, -0.2) is 41.9 Å². The molecule has 162 valence electrons. The van der Waals surface area contributed by atoms with Crippen LogP contribution in [0.2, 0.25) is 0 Å². The molecule has 0 atom stereocenters. The molecule has 1 fully saturated rings. The average molecular weight is 443 g/mol. The summed E-state index contributed by atoms with van der Waals surface area (Å²) in [6.07, 6.45) is 7.12. The molecule has 0 saturated carbocycles. The van der Waals surface area contributed by atoms with Gasteiger partial charge >= 0.3 is 0 Å². The number of benzene rings is 2. The van der Waals surface area contributed by atoms with Gasteiger partial charge in [0.05, 0.1) is 11.2 Å². The van der Waals surface area contributed by atoms with Gasteiger partial charge in [-0.15, -0.1) is 0 Å². The Morgan fingerprint density at radius 2 is 1.94 bits per heavy atom. The number of hydrogen-bond acceptors (Lipinski definition) is 4. The SMILES string of the molecule is Cc1ccc(S(=O)(=O)Nc2cccc(C(=O)N3CCC(n4ccnc4)CC3)c2)cc1F. The minimum Gasteiger partial charge on any atom is -0.338 e. The van der Waals surface area contributed by atoms with Crippen molar-refractivity contribution in [3.05, 3.63) is 78.1 Å². The topological polar surface area (TPSA) is 84.3 Å². The molecule has 31 heavy (non-hydrogen) atoms. The van der Waals surface area contributed by atoms with Crippen molar-refractivity contribution in [2.75, 3.05) is 17.8 Å². The standard InChI is InChI=1S/C22H23FN4O3S/c1-16-5-6-20(14-21(16)23)31(29,30)25-18-4-2-3-17(13-18)22(28)26-10-7-19(8-11-26)27-12-9-24-15-27/h2-6,9,12-15,19,25H,7-8,10-11H2,1H3. The highest BCUT2D eigenvalue weighted by atomic mass is 32.2. The zero-order valence-electron chi connectivity index (χ0n) is 17.0. The third kappa shape index (κ3) is 4.61. The molecule has 1 aromatic heterocycles. The molecule has 0 bridgehead atoms. The highest BCUT2D eigenvalue weighted by Crippen LogP contribution is 2.24. The van der Waals surface area contributed by atoms with Gasteiger partial charge in [-0.2, -0.15) is 0 Å². The molecule has 7 nitrogen and oxygen atoms in total. The highest BCUT2D eigenvalue weighted by Gasteiger charge is 2.25. The van der Waals surface area contributed by atoms with Gasteiger partial charge in [0, 0.05) is 42.8 Å². The van der Waals surface area contributed by atoms with Crippen molar-refractivity contribution in [3.8, 4) is 0 Å². The van der Waals surface area contributed by atoms with E-state index in [2.05, 4.69) is 14.3 Å². The third-order valence-corrected chi connectivity index (χ3v) is 6.89. The second kappa shape index (κ2) is 8.50. The summed E-state index contributed by atoms with van der Waals surface area (Å²) >= 11 is 0. The van der Waals surface area contributed by atoms with Crippen LogP contribution < -0.4 is 4.72 Å². The molecule has 1 aliphatic rings. The van der Waals surface area contributed by atoms with Gasteiger partial charge in [-0.25, -0.2) is 17.8 Å². The number of piperidine rings is 1. The first-order valence-corrected chi connectivity index (χ1v) is 11.5.